The zero-order valence-electron chi connectivity index (χ0n) is 17.5. The molecule has 0 heterocycles. The standard InChI is InChI=1S/C26H25NO4/c1-20(26(29)30-2)19-31-25(28)18-15-21-13-16-24(17-14-21)27(22-9-5-3-6-10-22)23-11-7-4-8-12-23/h3-14,16-17H,1,15,18-19H2,2H3. The minimum atomic E-state index is -0.579. The van der Waals surface area contributed by atoms with Gasteiger partial charge in [-0.1, -0.05) is 55.1 Å². The van der Waals surface area contributed by atoms with E-state index in [0.717, 1.165) is 22.6 Å². The fourth-order valence-corrected chi connectivity index (χ4v) is 3.10. The minimum Gasteiger partial charge on any atom is -0.466 e. The summed E-state index contributed by atoms with van der Waals surface area (Å²) >= 11 is 0. The summed E-state index contributed by atoms with van der Waals surface area (Å²) in [5.74, 6) is -0.964. The highest BCUT2D eigenvalue weighted by atomic mass is 16.5. The van der Waals surface area contributed by atoms with E-state index in [1.54, 1.807) is 0 Å². The third kappa shape index (κ3) is 6.06. The predicted molar refractivity (Wildman–Crippen MR) is 122 cm³/mol. The van der Waals surface area contributed by atoms with Crippen LogP contribution in [0, 0.1) is 0 Å². The molecule has 0 radical (unpaired) electrons. The molecule has 0 saturated carbocycles. The summed E-state index contributed by atoms with van der Waals surface area (Å²) in [7, 11) is 1.26. The van der Waals surface area contributed by atoms with Crippen molar-refractivity contribution in [2.24, 2.45) is 0 Å². The second kappa shape index (κ2) is 10.8. The van der Waals surface area contributed by atoms with Crippen LogP contribution in [0.15, 0.2) is 97.1 Å². The molecule has 0 spiro atoms. The summed E-state index contributed by atoms with van der Waals surface area (Å²) < 4.78 is 9.61. The van der Waals surface area contributed by atoms with Gasteiger partial charge in [-0.2, -0.15) is 0 Å². The zero-order chi connectivity index (χ0) is 22.1. The number of methoxy groups -OCH3 is 1. The average molecular weight is 415 g/mol. The number of esters is 2. The van der Waals surface area contributed by atoms with Gasteiger partial charge in [-0.05, 0) is 48.4 Å². The molecule has 31 heavy (non-hydrogen) atoms. The van der Waals surface area contributed by atoms with Gasteiger partial charge < -0.3 is 14.4 Å². The number of anilines is 3. The first kappa shape index (κ1) is 21.8. The largest absolute Gasteiger partial charge is 0.466 e. The number of carbonyl (C=O) groups is 2. The molecular weight excluding hydrogens is 390 g/mol. The molecule has 3 aromatic rings. The zero-order valence-corrected chi connectivity index (χ0v) is 17.5. The van der Waals surface area contributed by atoms with E-state index >= 15 is 0 Å². The lowest BCUT2D eigenvalue weighted by Gasteiger charge is -2.25. The Bertz CT molecular complexity index is 975. The van der Waals surface area contributed by atoms with Crippen molar-refractivity contribution in [3.8, 4) is 0 Å². The SMILES string of the molecule is C=C(COC(=O)CCc1ccc(N(c2ccccc2)c2ccccc2)cc1)C(=O)OC. The molecule has 3 aromatic carbocycles. The monoisotopic (exact) mass is 415 g/mol. The molecule has 0 aromatic heterocycles. The maximum Gasteiger partial charge on any atom is 0.336 e. The van der Waals surface area contributed by atoms with Gasteiger partial charge in [0.1, 0.15) is 6.61 Å². The normalized spacial score (nSPS) is 10.2. The van der Waals surface area contributed by atoms with E-state index < -0.39 is 5.97 Å². The summed E-state index contributed by atoms with van der Waals surface area (Å²) in [6.45, 7) is 3.38. The van der Waals surface area contributed by atoms with Gasteiger partial charge in [0.2, 0.25) is 0 Å². The molecule has 0 aliphatic heterocycles. The van der Waals surface area contributed by atoms with Crippen LogP contribution < -0.4 is 4.90 Å². The molecular formula is C26H25NO4. The first-order chi connectivity index (χ1) is 15.1. The number of ether oxygens (including phenoxy) is 2. The fourth-order valence-electron chi connectivity index (χ4n) is 3.10. The van der Waals surface area contributed by atoms with E-state index in [9.17, 15) is 9.59 Å². The van der Waals surface area contributed by atoms with Crippen LogP contribution in [0.25, 0.3) is 0 Å². The third-order valence-corrected chi connectivity index (χ3v) is 4.72. The predicted octanol–water partition coefficient (Wildman–Crippen LogP) is 5.36. The summed E-state index contributed by atoms with van der Waals surface area (Å²) in [4.78, 5) is 25.4. The lowest BCUT2D eigenvalue weighted by atomic mass is 10.1. The quantitative estimate of drug-likeness (QED) is 0.348. The Morgan fingerprint density at radius 1 is 0.806 bits per heavy atom. The van der Waals surface area contributed by atoms with E-state index in [-0.39, 0.29) is 24.6 Å². The lowest BCUT2D eigenvalue weighted by Crippen LogP contribution is -2.14. The number of rotatable bonds is 9. The van der Waals surface area contributed by atoms with Gasteiger partial charge in [0, 0.05) is 23.5 Å². The van der Waals surface area contributed by atoms with Crippen molar-refractivity contribution in [1.82, 2.24) is 0 Å². The van der Waals surface area contributed by atoms with E-state index in [4.69, 9.17) is 4.74 Å². The first-order valence-corrected chi connectivity index (χ1v) is 9.99. The summed E-state index contributed by atoms with van der Waals surface area (Å²) in [6, 6.07) is 28.4. The Hall–Kier alpha value is -3.86. The van der Waals surface area contributed by atoms with Crippen molar-refractivity contribution >= 4 is 29.0 Å². The van der Waals surface area contributed by atoms with Crippen LogP contribution in [-0.4, -0.2) is 25.7 Å². The van der Waals surface area contributed by atoms with E-state index in [1.165, 1.54) is 7.11 Å². The fraction of sp³-hybridized carbons (Fsp3) is 0.154. The minimum absolute atomic E-state index is 0.113. The van der Waals surface area contributed by atoms with Crippen LogP contribution in [0.4, 0.5) is 17.1 Å². The summed E-state index contributed by atoms with van der Waals surface area (Å²) in [5.41, 5.74) is 4.29. The van der Waals surface area contributed by atoms with E-state index in [1.807, 2.05) is 60.7 Å². The van der Waals surface area contributed by atoms with Crippen LogP contribution in [0.1, 0.15) is 12.0 Å². The molecule has 0 atom stereocenters. The number of hydrogen-bond acceptors (Lipinski definition) is 5. The highest BCUT2D eigenvalue weighted by Gasteiger charge is 2.13. The maximum atomic E-state index is 12.0. The molecule has 0 unspecified atom stereocenters. The van der Waals surface area contributed by atoms with Crippen LogP contribution in [-0.2, 0) is 25.5 Å². The van der Waals surface area contributed by atoms with Crippen LogP contribution in [0.3, 0.4) is 0 Å². The van der Waals surface area contributed by atoms with Crippen molar-refractivity contribution in [3.63, 3.8) is 0 Å². The third-order valence-electron chi connectivity index (χ3n) is 4.72. The Labute approximate surface area is 182 Å². The molecule has 3 rings (SSSR count). The van der Waals surface area contributed by atoms with Crippen LogP contribution >= 0.6 is 0 Å². The Balaban J connectivity index is 1.65. The number of hydrogen-bond donors (Lipinski definition) is 0. The van der Waals surface area contributed by atoms with Crippen LogP contribution in [0.2, 0.25) is 0 Å². The van der Waals surface area contributed by atoms with Crippen molar-refractivity contribution in [1.29, 1.82) is 0 Å². The summed E-state index contributed by atoms with van der Waals surface area (Å²) in [6.07, 6.45) is 0.759. The molecule has 0 aliphatic rings. The molecule has 0 aliphatic carbocycles. The van der Waals surface area contributed by atoms with Crippen molar-refractivity contribution < 1.29 is 19.1 Å². The second-order valence-corrected chi connectivity index (χ2v) is 6.93. The number of benzene rings is 3. The van der Waals surface area contributed by atoms with Gasteiger partial charge >= 0.3 is 11.9 Å². The topological polar surface area (TPSA) is 55.8 Å². The van der Waals surface area contributed by atoms with Gasteiger partial charge in [-0.3, -0.25) is 4.79 Å². The molecule has 0 fully saturated rings. The smallest absolute Gasteiger partial charge is 0.336 e. The van der Waals surface area contributed by atoms with Crippen molar-refractivity contribution in [3.05, 3.63) is 103 Å². The second-order valence-electron chi connectivity index (χ2n) is 6.93. The molecule has 158 valence electrons. The average Bonchev–Trinajstić information content (AvgIpc) is 2.83. The van der Waals surface area contributed by atoms with Crippen LogP contribution in [0.5, 0.6) is 0 Å². The van der Waals surface area contributed by atoms with Crippen molar-refractivity contribution in [2.75, 3.05) is 18.6 Å². The molecule has 0 saturated heterocycles. The van der Waals surface area contributed by atoms with Gasteiger partial charge in [-0.15, -0.1) is 0 Å². The highest BCUT2D eigenvalue weighted by molar-refractivity contribution is 5.88. The number of nitrogens with zero attached hydrogens (tertiary/aromatic N) is 1. The summed E-state index contributed by atoms with van der Waals surface area (Å²) in [5, 5.41) is 0. The van der Waals surface area contributed by atoms with Gasteiger partial charge in [-0.25, -0.2) is 4.79 Å². The Kier molecular flexibility index (Phi) is 7.60. The van der Waals surface area contributed by atoms with Gasteiger partial charge in [0.05, 0.1) is 12.7 Å². The molecule has 5 nitrogen and oxygen atoms in total. The number of para-hydroxylation sites is 2. The van der Waals surface area contributed by atoms with E-state index in [2.05, 4.69) is 40.5 Å². The van der Waals surface area contributed by atoms with Crippen molar-refractivity contribution in [2.45, 2.75) is 12.8 Å². The Morgan fingerprint density at radius 3 is 1.84 bits per heavy atom. The van der Waals surface area contributed by atoms with Gasteiger partial charge in [0.25, 0.3) is 0 Å². The molecule has 0 amide bonds. The molecule has 0 bridgehead atoms. The number of carbonyl (C=O) groups excluding carboxylic acids is 2. The maximum absolute atomic E-state index is 12.0. The van der Waals surface area contributed by atoms with Gasteiger partial charge in [0.15, 0.2) is 0 Å². The lowest BCUT2D eigenvalue weighted by molar-refractivity contribution is -0.144. The number of aryl methyl sites for hydroxylation is 1. The highest BCUT2D eigenvalue weighted by Crippen LogP contribution is 2.34. The molecule has 5 heteroatoms. The van der Waals surface area contributed by atoms with E-state index in [0.29, 0.717) is 6.42 Å². The first-order valence-electron chi connectivity index (χ1n) is 9.99. The Morgan fingerprint density at radius 2 is 1.32 bits per heavy atom. The molecule has 0 N–H and O–H groups in total.